The predicted octanol–water partition coefficient (Wildman–Crippen LogP) is 4.63. The molecule has 2 nitrogen and oxygen atoms in total. The lowest BCUT2D eigenvalue weighted by Gasteiger charge is -2.14. The minimum absolute atomic E-state index is 0.0538. The molecule has 0 aliphatic heterocycles. The van der Waals surface area contributed by atoms with Crippen molar-refractivity contribution in [2.75, 3.05) is 0 Å². The Morgan fingerprint density at radius 1 is 1.47 bits per heavy atom. The molecule has 1 aromatic heterocycles. The number of rotatable bonds is 5. The lowest BCUT2D eigenvalue weighted by Crippen LogP contribution is -2.18. The molecule has 2 aromatic rings. The van der Waals surface area contributed by atoms with E-state index in [1.54, 1.807) is 11.3 Å². The predicted molar refractivity (Wildman–Crippen MR) is 85.2 cm³/mol. The summed E-state index contributed by atoms with van der Waals surface area (Å²) in [5.74, 6) is 0.814. The molecule has 0 aliphatic rings. The Morgan fingerprint density at radius 3 is 2.89 bits per heavy atom. The number of hydrogen-bond donors (Lipinski definition) is 1. The summed E-state index contributed by atoms with van der Waals surface area (Å²) in [7, 11) is 0. The van der Waals surface area contributed by atoms with Crippen molar-refractivity contribution in [3.8, 4) is 5.75 Å². The molecular formula is C14H15BrClNOS. The highest BCUT2D eigenvalue weighted by Crippen LogP contribution is 2.29. The van der Waals surface area contributed by atoms with E-state index in [2.05, 4.69) is 22.0 Å². The molecule has 0 spiro atoms. The van der Waals surface area contributed by atoms with E-state index in [9.17, 15) is 0 Å². The zero-order valence-electron chi connectivity index (χ0n) is 10.5. The van der Waals surface area contributed by atoms with Crippen molar-refractivity contribution in [1.82, 2.24) is 0 Å². The zero-order valence-corrected chi connectivity index (χ0v) is 13.7. The Hall–Kier alpha value is -0.550. The summed E-state index contributed by atoms with van der Waals surface area (Å²) in [6.45, 7) is 2.51. The van der Waals surface area contributed by atoms with E-state index < -0.39 is 0 Å². The monoisotopic (exact) mass is 359 g/mol. The van der Waals surface area contributed by atoms with Gasteiger partial charge in [0.1, 0.15) is 12.4 Å². The third kappa shape index (κ3) is 4.21. The summed E-state index contributed by atoms with van der Waals surface area (Å²) in [6.07, 6.45) is 0.711. The molecule has 19 heavy (non-hydrogen) atoms. The SMILES string of the molecule is CC(N)Cc1c(Cl)cccc1OCc1cc(Br)cs1. The van der Waals surface area contributed by atoms with Gasteiger partial charge in [0, 0.05) is 31.4 Å². The molecule has 0 amide bonds. The summed E-state index contributed by atoms with van der Waals surface area (Å²) in [6, 6.07) is 7.81. The van der Waals surface area contributed by atoms with Gasteiger partial charge in [0.15, 0.2) is 0 Å². The van der Waals surface area contributed by atoms with E-state index in [0.29, 0.717) is 18.1 Å². The van der Waals surface area contributed by atoms with E-state index in [4.69, 9.17) is 22.1 Å². The lowest BCUT2D eigenvalue weighted by atomic mass is 10.1. The number of ether oxygens (including phenoxy) is 1. The first kappa shape index (κ1) is 14.9. The molecule has 1 atom stereocenters. The molecule has 0 fully saturated rings. The van der Waals surface area contributed by atoms with Gasteiger partial charge in [0.2, 0.25) is 0 Å². The van der Waals surface area contributed by atoms with Crippen LogP contribution in [0.15, 0.2) is 34.1 Å². The highest BCUT2D eigenvalue weighted by Gasteiger charge is 2.11. The standard InChI is InChI=1S/C14H15BrClNOS/c1-9(17)5-12-13(16)3-2-4-14(12)18-7-11-6-10(15)8-19-11/h2-4,6,8-9H,5,7,17H2,1H3. The average molecular weight is 361 g/mol. The first-order chi connectivity index (χ1) is 9.06. The molecule has 5 heteroatoms. The van der Waals surface area contributed by atoms with E-state index >= 15 is 0 Å². The van der Waals surface area contributed by atoms with Crippen molar-refractivity contribution < 1.29 is 4.74 Å². The van der Waals surface area contributed by atoms with Gasteiger partial charge in [-0.3, -0.25) is 0 Å². The smallest absolute Gasteiger partial charge is 0.124 e. The molecule has 0 saturated heterocycles. The van der Waals surface area contributed by atoms with Crippen LogP contribution in [0.1, 0.15) is 17.4 Å². The Kier molecular flexibility index (Phi) is 5.28. The van der Waals surface area contributed by atoms with Crippen LogP contribution in [0.2, 0.25) is 5.02 Å². The van der Waals surface area contributed by atoms with Gasteiger partial charge in [-0.1, -0.05) is 17.7 Å². The largest absolute Gasteiger partial charge is 0.488 e. The fourth-order valence-corrected chi connectivity index (χ4v) is 3.38. The van der Waals surface area contributed by atoms with Crippen LogP contribution < -0.4 is 10.5 Å². The van der Waals surface area contributed by atoms with E-state index in [1.807, 2.05) is 30.5 Å². The first-order valence-electron chi connectivity index (χ1n) is 5.95. The van der Waals surface area contributed by atoms with Gasteiger partial charge in [0.05, 0.1) is 0 Å². The second-order valence-corrected chi connectivity index (χ2v) is 6.74. The maximum atomic E-state index is 6.22. The summed E-state index contributed by atoms with van der Waals surface area (Å²) in [5.41, 5.74) is 6.84. The molecule has 1 heterocycles. The number of hydrogen-bond acceptors (Lipinski definition) is 3. The van der Waals surface area contributed by atoms with E-state index in [0.717, 1.165) is 15.8 Å². The zero-order chi connectivity index (χ0) is 13.8. The maximum Gasteiger partial charge on any atom is 0.124 e. The number of thiophene rings is 1. The van der Waals surface area contributed by atoms with Gasteiger partial charge in [-0.25, -0.2) is 0 Å². The van der Waals surface area contributed by atoms with Crippen molar-refractivity contribution >= 4 is 38.9 Å². The van der Waals surface area contributed by atoms with Crippen LogP contribution >= 0.6 is 38.9 Å². The second-order valence-electron chi connectivity index (χ2n) is 4.42. The van der Waals surface area contributed by atoms with Crippen molar-refractivity contribution in [2.24, 2.45) is 5.73 Å². The number of benzene rings is 1. The van der Waals surface area contributed by atoms with Crippen LogP contribution in [-0.4, -0.2) is 6.04 Å². The number of halogens is 2. The first-order valence-corrected chi connectivity index (χ1v) is 8.00. The molecule has 2 N–H and O–H groups in total. The second kappa shape index (κ2) is 6.75. The van der Waals surface area contributed by atoms with E-state index in [-0.39, 0.29) is 6.04 Å². The molecule has 0 aliphatic carbocycles. The molecule has 2 rings (SSSR count). The lowest BCUT2D eigenvalue weighted by molar-refractivity contribution is 0.306. The van der Waals surface area contributed by atoms with Gasteiger partial charge in [0.25, 0.3) is 0 Å². The third-order valence-corrected chi connectivity index (χ3v) is 4.62. The normalized spacial score (nSPS) is 12.4. The molecule has 1 unspecified atom stereocenters. The quantitative estimate of drug-likeness (QED) is 0.843. The van der Waals surface area contributed by atoms with Crippen LogP contribution in [0, 0.1) is 0 Å². The molecule has 102 valence electrons. The fourth-order valence-electron chi connectivity index (χ4n) is 1.77. The van der Waals surface area contributed by atoms with Gasteiger partial charge in [-0.2, -0.15) is 0 Å². The van der Waals surface area contributed by atoms with Crippen LogP contribution in [0.25, 0.3) is 0 Å². The van der Waals surface area contributed by atoms with Crippen molar-refractivity contribution in [2.45, 2.75) is 26.0 Å². The average Bonchev–Trinajstić information content (AvgIpc) is 2.75. The Morgan fingerprint density at radius 2 is 2.26 bits per heavy atom. The summed E-state index contributed by atoms with van der Waals surface area (Å²) in [4.78, 5) is 1.17. The van der Waals surface area contributed by atoms with Crippen LogP contribution in [-0.2, 0) is 13.0 Å². The van der Waals surface area contributed by atoms with Crippen molar-refractivity contribution in [3.05, 3.63) is 49.6 Å². The van der Waals surface area contributed by atoms with Crippen LogP contribution in [0.4, 0.5) is 0 Å². The van der Waals surface area contributed by atoms with Crippen LogP contribution in [0.5, 0.6) is 5.75 Å². The minimum Gasteiger partial charge on any atom is -0.488 e. The van der Waals surface area contributed by atoms with Gasteiger partial charge in [-0.05, 0) is 47.5 Å². The summed E-state index contributed by atoms with van der Waals surface area (Å²) in [5, 5.41) is 2.75. The summed E-state index contributed by atoms with van der Waals surface area (Å²) < 4.78 is 6.95. The van der Waals surface area contributed by atoms with Gasteiger partial charge < -0.3 is 10.5 Å². The molecular weight excluding hydrogens is 346 g/mol. The van der Waals surface area contributed by atoms with Crippen LogP contribution in [0.3, 0.4) is 0 Å². The highest BCUT2D eigenvalue weighted by molar-refractivity contribution is 9.10. The van der Waals surface area contributed by atoms with Crippen molar-refractivity contribution in [1.29, 1.82) is 0 Å². The summed E-state index contributed by atoms with van der Waals surface area (Å²) >= 11 is 11.3. The molecule has 1 aromatic carbocycles. The van der Waals surface area contributed by atoms with Crippen molar-refractivity contribution in [3.63, 3.8) is 0 Å². The fraction of sp³-hybridized carbons (Fsp3) is 0.286. The molecule has 0 radical (unpaired) electrons. The maximum absolute atomic E-state index is 6.22. The number of nitrogens with two attached hydrogens (primary N) is 1. The van der Waals surface area contributed by atoms with Gasteiger partial charge >= 0.3 is 0 Å². The minimum atomic E-state index is 0.0538. The Balaban J connectivity index is 2.13. The highest BCUT2D eigenvalue weighted by atomic mass is 79.9. The van der Waals surface area contributed by atoms with Gasteiger partial charge in [-0.15, -0.1) is 11.3 Å². The Labute approximate surface area is 130 Å². The molecule has 0 bridgehead atoms. The topological polar surface area (TPSA) is 35.2 Å². The molecule has 0 saturated carbocycles. The van der Waals surface area contributed by atoms with E-state index in [1.165, 1.54) is 4.88 Å². The third-order valence-electron chi connectivity index (χ3n) is 2.59. The Bertz CT molecular complexity index is 556.